The zero-order valence-electron chi connectivity index (χ0n) is 9.22. The fourth-order valence-electron chi connectivity index (χ4n) is 1.10. The average molecular weight is 264 g/mol. The van der Waals surface area contributed by atoms with Crippen LogP contribution >= 0.6 is 23.2 Å². The Balaban J connectivity index is 2.79. The van der Waals surface area contributed by atoms with E-state index in [0.29, 0.717) is 28.2 Å². The van der Waals surface area contributed by atoms with Crippen molar-refractivity contribution in [3.63, 3.8) is 0 Å². The molecule has 0 saturated heterocycles. The van der Waals surface area contributed by atoms with Gasteiger partial charge in [-0.1, -0.05) is 30.1 Å². The van der Waals surface area contributed by atoms with Gasteiger partial charge >= 0.3 is 0 Å². The van der Waals surface area contributed by atoms with Crippen molar-refractivity contribution in [2.45, 2.75) is 6.92 Å². The summed E-state index contributed by atoms with van der Waals surface area (Å²) in [5, 5.41) is 15.8. The number of rotatable bonds is 5. The molecule has 0 amide bonds. The number of aromatic nitrogens is 1. The maximum absolute atomic E-state index is 8.90. The van der Waals surface area contributed by atoms with Crippen molar-refractivity contribution in [1.29, 1.82) is 0 Å². The summed E-state index contributed by atoms with van der Waals surface area (Å²) in [6, 6.07) is 1.63. The van der Waals surface area contributed by atoms with E-state index in [2.05, 4.69) is 15.6 Å². The van der Waals surface area contributed by atoms with Gasteiger partial charge in [0.1, 0.15) is 11.6 Å². The predicted molar refractivity (Wildman–Crippen MR) is 68.5 cm³/mol. The molecule has 1 atom stereocenters. The number of hydrogen-bond donors (Lipinski definition) is 3. The lowest BCUT2D eigenvalue weighted by molar-refractivity contribution is 0.244. The highest BCUT2D eigenvalue weighted by atomic mass is 35.5. The van der Waals surface area contributed by atoms with Crippen LogP contribution in [0.3, 0.4) is 0 Å². The number of aliphatic hydroxyl groups is 1. The molecule has 6 heteroatoms. The van der Waals surface area contributed by atoms with E-state index in [1.165, 1.54) is 0 Å². The van der Waals surface area contributed by atoms with Crippen LogP contribution in [0.5, 0.6) is 0 Å². The van der Waals surface area contributed by atoms with Crippen molar-refractivity contribution in [2.75, 3.05) is 30.8 Å². The lowest BCUT2D eigenvalue weighted by Gasteiger charge is -2.13. The summed E-state index contributed by atoms with van der Waals surface area (Å²) in [5.74, 6) is 1.28. The SMILES string of the molecule is CNc1nc(NCC(C)CO)c(Cl)cc1Cl. The van der Waals surface area contributed by atoms with E-state index in [0.717, 1.165) is 0 Å². The first kappa shape index (κ1) is 13.4. The molecular weight excluding hydrogens is 249 g/mol. The second-order valence-corrected chi connectivity index (χ2v) is 4.38. The number of pyridine rings is 1. The molecule has 1 heterocycles. The highest BCUT2D eigenvalue weighted by Crippen LogP contribution is 2.28. The van der Waals surface area contributed by atoms with E-state index in [9.17, 15) is 0 Å². The Morgan fingerprint density at radius 3 is 2.56 bits per heavy atom. The van der Waals surface area contributed by atoms with Crippen LogP contribution < -0.4 is 10.6 Å². The van der Waals surface area contributed by atoms with Crippen LogP contribution in [0.1, 0.15) is 6.92 Å². The third-order valence-electron chi connectivity index (χ3n) is 2.10. The number of hydrogen-bond acceptors (Lipinski definition) is 4. The van der Waals surface area contributed by atoms with Crippen LogP contribution in [0.15, 0.2) is 6.07 Å². The molecule has 0 saturated carbocycles. The molecule has 1 aromatic rings. The molecule has 1 aromatic heterocycles. The molecule has 90 valence electrons. The molecule has 0 aromatic carbocycles. The van der Waals surface area contributed by atoms with E-state index in [1.54, 1.807) is 13.1 Å². The molecule has 1 rings (SSSR count). The topological polar surface area (TPSA) is 57.2 Å². The molecule has 0 aliphatic heterocycles. The molecule has 0 fully saturated rings. The summed E-state index contributed by atoms with van der Waals surface area (Å²) in [5.41, 5.74) is 0. The van der Waals surface area contributed by atoms with Gasteiger partial charge in [0.15, 0.2) is 0 Å². The highest BCUT2D eigenvalue weighted by Gasteiger charge is 2.09. The molecule has 0 radical (unpaired) electrons. The van der Waals surface area contributed by atoms with Crippen LogP contribution in [0.25, 0.3) is 0 Å². The summed E-state index contributed by atoms with van der Waals surface area (Å²) < 4.78 is 0. The fourth-order valence-corrected chi connectivity index (χ4v) is 1.62. The predicted octanol–water partition coefficient (Wildman–Crippen LogP) is 2.47. The normalized spacial score (nSPS) is 12.3. The number of nitrogens with one attached hydrogen (secondary N) is 2. The maximum atomic E-state index is 8.90. The Bertz CT molecular complexity index is 360. The average Bonchev–Trinajstić information content (AvgIpc) is 2.27. The Hall–Kier alpha value is -0.710. The van der Waals surface area contributed by atoms with Gasteiger partial charge in [-0.15, -0.1) is 0 Å². The van der Waals surface area contributed by atoms with E-state index >= 15 is 0 Å². The Morgan fingerprint density at radius 1 is 1.38 bits per heavy atom. The van der Waals surface area contributed by atoms with Crippen molar-refractivity contribution in [3.8, 4) is 0 Å². The molecule has 0 spiro atoms. The van der Waals surface area contributed by atoms with Crippen LogP contribution in [-0.2, 0) is 0 Å². The first-order valence-electron chi connectivity index (χ1n) is 4.97. The largest absolute Gasteiger partial charge is 0.396 e. The number of halogens is 2. The van der Waals surface area contributed by atoms with E-state index in [-0.39, 0.29) is 12.5 Å². The van der Waals surface area contributed by atoms with E-state index < -0.39 is 0 Å². The maximum Gasteiger partial charge on any atom is 0.147 e. The van der Waals surface area contributed by atoms with Gasteiger partial charge in [0.2, 0.25) is 0 Å². The summed E-state index contributed by atoms with van der Waals surface area (Å²) in [6.45, 7) is 2.65. The lowest BCUT2D eigenvalue weighted by atomic mass is 10.2. The molecule has 0 aliphatic rings. The first-order chi connectivity index (χ1) is 7.58. The molecular formula is C10H15Cl2N3O. The minimum atomic E-state index is 0.122. The van der Waals surface area contributed by atoms with Crippen molar-refractivity contribution in [3.05, 3.63) is 16.1 Å². The van der Waals surface area contributed by atoms with Gasteiger partial charge in [0.05, 0.1) is 10.0 Å². The van der Waals surface area contributed by atoms with Crippen LogP contribution in [0.4, 0.5) is 11.6 Å². The Kier molecular flexibility index (Phi) is 5.12. The third kappa shape index (κ3) is 3.40. The van der Waals surface area contributed by atoms with Crippen LogP contribution in [0, 0.1) is 5.92 Å². The summed E-state index contributed by atoms with van der Waals surface area (Å²) >= 11 is 11.9. The molecule has 0 bridgehead atoms. The zero-order chi connectivity index (χ0) is 12.1. The van der Waals surface area contributed by atoms with Gasteiger partial charge in [0.25, 0.3) is 0 Å². The van der Waals surface area contributed by atoms with Crippen LogP contribution in [0.2, 0.25) is 10.0 Å². The number of nitrogens with zero attached hydrogens (tertiary/aromatic N) is 1. The first-order valence-corrected chi connectivity index (χ1v) is 5.72. The van der Waals surface area contributed by atoms with Gasteiger partial charge in [-0.05, 0) is 12.0 Å². The van der Waals surface area contributed by atoms with Gasteiger partial charge in [-0.3, -0.25) is 0 Å². The van der Waals surface area contributed by atoms with Gasteiger partial charge in [-0.2, -0.15) is 0 Å². The molecule has 1 unspecified atom stereocenters. The summed E-state index contributed by atoms with van der Waals surface area (Å²) in [7, 11) is 1.74. The highest BCUT2D eigenvalue weighted by molar-refractivity contribution is 6.37. The minimum absolute atomic E-state index is 0.122. The Morgan fingerprint density at radius 2 is 2.00 bits per heavy atom. The standard InChI is InChI=1S/C10H15Cl2N3O/c1-6(5-16)4-14-10-8(12)3-7(11)9(13-2)15-10/h3,6,16H,4-5H2,1-2H3,(H2,13,14,15). The monoisotopic (exact) mass is 263 g/mol. The van der Waals surface area contributed by atoms with Crippen LogP contribution in [-0.4, -0.2) is 30.3 Å². The zero-order valence-corrected chi connectivity index (χ0v) is 10.7. The van der Waals surface area contributed by atoms with Gasteiger partial charge in [0, 0.05) is 20.2 Å². The summed E-state index contributed by atoms with van der Waals surface area (Å²) in [6.07, 6.45) is 0. The molecule has 16 heavy (non-hydrogen) atoms. The van der Waals surface area contributed by atoms with E-state index in [1.807, 2.05) is 6.92 Å². The van der Waals surface area contributed by atoms with Crippen molar-refractivity contribution < 1.29 is 5.11 Å². The van der Waals surface area contributed by atoms with Gasteiger partial charge < -0.3 is 15.7 Å². The van der Waals surface area contributed by atoms with Crippen molar-refractivity contribution >= 4 is 34.8 Å². The Labute approximate surface area is 105 Å². The smallest absolute Gasteiger partial charge is 0.147 e. The number of anilines is 2. The van der Waals surface area contributed by atoms with Gasteiger partial charge in [-0.25, -0.2) is 4.98 Å². The second-order valence-electron chi connectivity index (χ2n) is 3.57. The summed E-state index contributed by atoms with van der Waals surface area (Å²) in [4.78, 5) is 4.23. The third-order valence-corrected chi connectivity index (χ3v) is 2.67. The molecule has 0 aliphatic carbocycles. The fraction of sp³-hybridized carbons (Fsp3) is 0.500. The second kappa shape index (κ2) is 6.13. The van der Waals surface area contributed by atoms with Crippen molar-refractivity contribution in [1.82, 2.24) is 4.98 Å². The quantitative estimate of drug-likeness (QED) is 0.764. The van der Waals surface area contributed by atoms with E-state index in [4.69, 9.17) is 28.3 Å². The minimum Gasteiger partial charge on any atom is -0.396 e. The lowest BCUT2D eigenvalue weighted by Crippen LogP contribution is -2.15. The molecule has 4 nitrogen and oxygen atoms in total. The van der Waals surface area contributed by atoms with Crippen molar-refractivity contribution in [2.24, 2.45) is 5.92 Å². The number of aliphatic hydroxyl groups excluding tert-OH is 1. The molecule has 3 N–H and O–H groups in total.